The molecular weight excluding hydrogens is 174 g/mol. The van der Waals surface area contributed by atoms with Gasteiger partial charge >= 0.3 is 0 Å². The summed E-state index contributed by atoms with van der Waals surface area (Å²) in [5, 5.41) is 0. The van der Waals surface area contributed by atoms with Gasteiger partial charge in [0.15, 0.2) is 0 Å². The topological polar surface area (TPSA) is 42.2 Å². The quantitative estimate of drug-likeness (QED) is 0.729. The Morgan fingerprint density at radius 2 is 2.21 bits per heavy atom. The van der Waals surface area contributed by atoms with E-state index in [9.17, 15) is 0 Å². The number of hydrogen-bond acceptors (Lipinski definition) is 3. The fourth-order valence-electron chi connectivity index (χ4n) is 1.45. The third-order valence-corrected chi connectivity index (χ3v) is 2.32. The molecule has 0 amide bonds. The maximum atomic E-state index is 5.77. The van der Waals surface area contributed by atoms with E-state index in [2.05, 4.69) is 23.9 Å². The van der Waals surface area contributed by atoms with Crippen molar-refractivity contribution in [3.05, 3.63) is 18.3 Å². The monoisotopic (exact) mass is 193 g/mol. The van der Waals surface area contributed by atoms with Crippen molar-refractivity contribution in [2.24, 2.45) is 0 Å². The Morgan fingerprint density at radius 3 is 2.86 bits per heavy atom. The smallest absolute Gasteiger partial charge is 0.146 e. The Labute approximate surface area is 85.9 Å². The molecule has 0 radical (unpaired) electrons. The molecule has 0 saturated carbocycles. The summed E-state index contributed by atoms with van der Waals surface area (Å²) in [5.74, 6) is 0.617. The zero-order chi connectivity index (χ0) is 10.4. The molecule has 1 heterocycles. The van der Waals surface area contributed by atoms with Crippen molar-refractivity contribution in [2.75, 3.05) is 24.2 Å². The van der Waals surface area contributed by atoms with Crippen molar-refractivity contribution in [1.29, 1.82) is 0 Å². The average Bonchev–Trinajstić information content (AvgIpc) is 2.18. The number of nitrogens with two attached hydrogens (primary N) is 1. The number of anilines is 2. The van der Waals surface area contributed by atoms with Gasteiger partial charge in [-0.15, -0.1) is 0 Å². The molecule has 0 unspecified atom stereocenters. The lowest BCUT2D eigenvalue weighted by atomic mass is 10.2. The predicted molar refractivity (Wildman–Crippen MR) is 61.4 cm³/mol. The Morgan fingerprint density at radius 1 is 1.43 bits per heavy atom. The van der Waals surface area contributed by atoms with E-state index in [1.807, 2.05) is 12.1 Å². The van der Waals surface area contributed by atoms with Crippen LogP contribution in [0.2, 0.25) is 0 Å². The first kappa shape index (κ1) is 10.8. The van der Waals surface area contributed by atoms with Crippen LogP contribution in [0.15, 0.2) is 18.3 Å². The molecule has 0 aliphatic rings. The van der Waals surface area contributed by atoms with Crippen LogP contribution in [0.25, 0.3) is 0 Å². The molecule has 0 saturated heterocycles. The van der Waals surface area contributed by atoms with Gasteiger partial charge in [0.25, 0.3) is 0 Å². The highest BCUT2D eigenvalue weighted by Gasteiger charge is 2.03. The van der Waals surface area contributed by atoms with Crippen LogP contribution in [-0.2, 0) is 0 Å². The zero-order valence-corrected chi connectivity index (χ0v) is 9.03. The number of nitrogen functional groups attached to an aromatic ring is 1. The van der Waals surface area contributed by atoms with Gasteiger partial charge in [0, 0.05) is 19.8 Å². The number of nitrogens with zero attached hydrogens (tertiary/aromatic N) is 2. The lowest BCUT2D eigenvalue weighted by Crippen LogP contribution is -2.20. The van der Waals surface area contributed by atoms with Gasteiger partial charge in [-0.25, -0.2) is 4.98 Å². The summed E-state index contributed by atoms with van der Waals surface area (Å²) in [6.07, 6.45) is 5.45. The van der Waals surface area contributed by atoms with Crippen LogP contribution in [0.4, 0.5) is 11.5 Å². The summed E-state index contributed by atoms with van der Waals surface area (Å²) < 4.78 is 0. The van der Waals surface area contributed by atoms with Crippen LogP contribution in [0.3, 0.4) is 0 Å². The van der Waals surface area contributed by atoms with Crippen molar-refractivity contribution in [2.45, 2.75) is 26.2 Å². The molecule has 3 nitrogen and oxygen atoms in total. The largest absolute Gasteiger partial charge is 0.382 e. The molecule has 1 aromatic rings. The minimum Gasteiger partial charge on any atom is -0.382 e. The summed E-state index contributed by atoms with van der Waals surface area (Å²) in [7, 11) is 2.06. The van der Waals surface area contributed by atoms with E-state index >= 15 is 0 Å². The summed E-state index contributed by atoms with van der Waals surface area (Å²) in [6, 6.07) is 3.93. The number of aromatic nitrogens is 1. The molecule has 0 aliphatic heterocycles. The van der Waals surface area contributed by atoms with E-state index in [1.165, 1.54) is 19.3 Å². The van der Waals surface area contributed by atoms with Gasteiger partial charge in [0.1, 0.15) is 5.82 Å². The van der Waals surface area contributed by atoms with Crippen LogP contribution in [0.1, 0.15) is 26.2 Å². The number of unbranched alkanes of at least 4 members (excludes halogenated alkanes) is 2. The van der Waals surface area contributed by atoms with E-state index in [0.29, 0.717) is 5.82 Å². The summed E-state index contributed by atoms with van der Waals surface area (Å²) >= 11 is 0. The second kappa shape index (κ2) is 5.47. The van der Waals surface area contributed by atoms with Crippen molar-refractivity contribution in [1.82, 2.24) is 4.98 Å². The molecule has 0 aromatic carbocycles. The van der Waals surface area contributed by atoms with E-state index in [-0.39, 0.29) is 0 Å². The standard InChI is InChI=1S/C11H19N3/c1-3-4-5-9-14(2)10-7-6-8-13-11(10)12/h6-8H,3-5,9H2,1-2H3,(H2,12,13). The van der Waals surface area contributed by atoms with E-state index < -0.39 is 0 Å². The maximum Gasteiger partial charge on any atom is 0.146 e. The van der Waals surface area contributed by atoms with Gasteiger partial charge in [-0.1, -0.05) is 19.8 Å². The average molecular weight is 193 g/mol. The van der Waals surface area contributed by atoms with Crippen LogP contribution in [-0.4, -0.2) is 18.6 Å². The fourth-order valence-corrected chi connectivity index (χ4v) is 1.45. The van der Waals surface area contributed by atoms with Crippen LogP contribution >= 0.6 is 0 Å². The Bertz CT molecular complexity index is 273. The lowest BCUT2D eigenvalue weighted by Gasteiger charge is -2.19. The van der Waals surface area contributed by atoms with Gasteiger partial charge < -0.3 is 10.6 Å². The second-order valence-electron chi connectivity index (χ2n) is 3.54. The normalized spacial score (nSPS) is 10.1. The highest BCUT2D eigenvalue weighted by atomic mass is 15.1. The third kappa shape index (κ3) is 2.91. The fraction of sp³-hybridized carbons (Fsp3) is 0.545. The number of rotatable bonds is 5. The SMILES string of the molecule is CCCCCN(C)c1cccnc1N. The molecule has 0 spiro atoms. The van der Waals surface area contributed by atoms with E-state index in [1.54, 1.807) is 6.20 Å². The number of hydrogen-bond donors (Lipinski definition) is 1. The Balaban J connectivity index is 2.51. The molecule has 0 atom stereocenters. The Kier molecular flexibility index (Phi) is 4.23. The first-order valence-electron chi connectivity index (χ1n) is 5.17. The molecule has 0 fully saturated rings. The summed E-state index contributed by atoms with van der Waals surface area (Å²) in [5.41, 5.74) is 6.80. The first-order valence-corrected chi connectivity index (χ1v) is 5.17. The minimum absolute atomic E-state index is 0.617. The van der Waals surface area contributed by atoms with Crippen molar-refractivity contribution in [3.8, 4) is 0 Å². The van der Waals surface area contributed by atoms with Gasteiger partial charge in [0.05, 0.1) is 5.69 Å². The summed E-state index contributed by atoms with van der Waals surface area (Å²) in [6.45, 7) is 3.25. The van der Waals surface area contributed by atoms with E-state index in [0.717, 1.165) is 12.2 Å². The molecule has 3 heteroatoms. The highest BCUT2D eigenvalue weighted by Crippen LogP contribution is 2.18. The molecule has 1 aromatic heterocycles. The minimum atomic E-state index is 0.617. The van der Waals surface area contributed by atoms with Crippen LogP contribution in [0, 0.1) is 0 Å². The highest BCUT2D eigenvalue weighted by molar-refractivity contribution is 5.62. The molecule has 0 bridgehead atoms. The van der Waals surface area contributed by atoms with Crippen LogP contribution < -0.4 is 10.6 Å². The molecule has 78 valence electrons. The molecule has 14 heavy (non-hydrogen) atoms. The van der Waals surface area contributed by atoms with Gasteiger partial charge in [-0.3, -0.25) is 0 Å². The van der Waals surface area contributed by atoms with Crippen molar-refractivity contribution in [3.63, 3.8) is 0 Å². The second-order valence-corrected chi connectivity index (χ2v) is 3.54. The lowest BCUT2D eigenvalue weighted by molar-refractivity contribution is 0.705. The third-order valence-electron chi connectivity index (χ3n) is 2.32. The number of pyridine rings is 1. The van der Waals surface area contributed by atoms with Crippen molar-refractivity contribution >= 4 is 11.5 Å². The first-order chi connectivity index (χ1) is 6.75. The Hall–Kier alpha value is -1.25. The summed E-state index contributed by atoms with van der Waals surface area (Å²) in [4.78, 5) is 6.23. The molecule has 2 N–H and O–H groups in total. The molecule has 0 aliphatic carbocycles. The zero-order valence-electron chi connectivity index (χ0n) is 9.03. The van der Waals surface area contributed by atoms with Crippen LogP contribution in [0.5, 0.6) is 0 Å². The molecular formula is C11H19N3. The molecule has 1 rings (SSSR count). The van der Waals surface area contributed by atoms with Gasteiger partial charge in [0.2, 0.25) is 0 Å². The van der Waals surface area contributed by atoms with Gasteiger partial charge in [-0.2, -0.15) is 0 Å². The predicted octanol–water partition coefficient (Wildman–Crippen LogP) is 2.29. The van der Waals surface area contributed by atoms with E-state index in [4.69, 9.17) is 5.73 Å². The maximum absolute atomic E-state index is 5.77. The van der Waals surface area contributed by atoms with Crippen molar-refractivity contribution < 1.29 is 0 Å². The van der Waals surface area contributed by atoms with Gasteiger partial charge in [-0.05, 0) is 18.6 Å².